The largest absolute Gasteiger partial charge is 0.478 e. The first kappa shape index (κ1) is 14.2. The maximum Gasteiger partial charge on any atom is 0.337 e. The van der Waals surface area contributed by atoms with E-state index < -0.39 is 16.7 Å². The molecule has 0 atom stereocenters. The zero-order valence-electron chi connectivity index (χ0n) is 9.92. The zero-order chi connectivity index (χ0) is 14.9. The van der Waals surface area contributed by atoms with Gasteiger partial charge in [-0.05, 0) is 34.1 Å². The number of carboxylic acids is 1. The van der Waals surface area contributed by atoms with Crippen LogP contribution in [0, 0.1) is 15.9 Å². The number of carboxylic acid groups (broad SMARTS) is 1. The number of nitro benzene ring substituents is 1. The van der Waals surface area contributed by atoms with Crippen molar-refractivity contribution in [1.82, 2.24) is 4.57 Å². The van der Waals surface area contributed by atoms with Crippen molar-refractivity contribution in [2.45, 2.75) is 6.54 Å². The molecule has 6 nitrogen and oxygen atoms in total. The number of nitro groups is 1. The summed E-state index contributed by atoms with van der Waals surface area (Å²) in [5.74, 6) is -1.70. The molecule has 0 aliphatic rings. The van der Waals surface area contributed by atoms with Gasteiger partial charge in [-0.1, -0.05) is 0 Å². The maximum absolute atomic E-state index is 13.2. The van der Waals surface area contributed by atoms with Crippen molar-refractivity contribution in [3.8, 4) is 0 Å². The molecule has 1 aromatic heterocycles. The number of aromatic nitrogens is 1. The second kappa shape index (κ2) is 5.41. The summed E-state index contributed by atoms with van der Waals surface area (Å²) in [5, 5.41) is 19.8. The highest BCUT2D eigenvalue weighted by atomic mass is 79.9. The van der Waals surface area contributed by atoms with Crippen LogP contribution in [0.4, 0.5) is 10.1 Å². The van der Waals surface area contributed by atoms with Gasteiger partial charge in [-0.2, -0.15) is 0 Å². The molecule has 0 aliphatic heterocycles. The Kier molecular flexibility index (Phi) is 3.84. The van der Waals surface area contributed by atoms with E-state index in [9.17, 15) is 19.3 Å². The van der Waals surface area contributed by atoms with Crippen molar-refractivity contribution in [3.05, 3.63) is 62.1 Å². The lowest BCUT2D eigenvalue weighted by atomic mass is 10.1. The van der Waals surface area contributed by atoms with Crippen molar-refractivity contribution in [2.24, 2.45) is 0 Å². The lowest BCUT2D eigenvalue weighted by Gasteiger charge is -2.06. The number of rotatable bonds is 4. The number of hydrogen-bond acceptors (Lipinski definition) is 3. The van der Waals surface area contributed by atoms with E-state index in [1.165, 1.54) is 16.8 Å². The minimum atomic E-state index is -1.11. The van der Waals surface area contributed by atoms with Gasteiger partial charge < -0.3 is 9.67 Å². The third kappa shape index (κ3) is 2.85. The van der Waals surface area contributed by atoms with Crippen molar-refractivity contribution < 1.29 is 19.2 Å². The summed E-state index contributed by atoms with van der Waals surface area (Å²) < 4.78 is 15.1. The smallest absolute Gasteiger partial charge is 0.337 e. The number of nitrogens with zero attached hydrogens (tertiary/aromatic N) is 2. The van der Waals surface area contributed by atoms with E-state index in [1.54, 1.807) is 0 Å². The molecule has 0 spiro atoms. The van der Waals surface area contributed by atoms with Crippen molar-refractivity contribution in [1.29, 1.82) is 0 Å². The van der Waals surface area contributed by atoms with Gasteiger partial charge in [-0.3, -0.25) is 10.1 Å². The maximum atomic E-state index is 13.2. The van der Waals surface area contributed by atoms with Crippen molar-refractivity contribution in [2.75, 3.05) is 0 Å². The van der Waals surface area contributed by atoms with Gasteiger partial charge in [-0.15, -0.1) is 0 Å². The normalized spacial score (nSPS) is 10.5. The molecule has 104 valence electrons. The predicted molar refractivity (Wildman–Crippen MR) is 71.2 cm³/mol. The molecule has 20 heavy (non-hydrogen) atoms. The number of hydrogen-bond donors (Lipinski definition) is 1. The van der Waals surface area contributed by atoms with Crippen LogP contribution in [-0.4, -0.2) is 20.6 Å². The summed E-state index contributed by atoms with van der Waals surface area (Å²) in [4.78, 5) is 21.1. The molecule has 8 heteroatoms. The first-order valence-electron chi connectivity index (χ1n) is 5.40. The topological polar surface area (TPSA) is 85.4 Å². The van der Waals surface area contributed by atoms with E-state index >= 15 is 0 Å². The van der Waals surface area contributed by atoms with Crippen LogP contribution < -0.4 is 0 Å². The summed E-state index contributed by atoms with van der Waals surface area (Å²) in [5.41, 5.74) is -0.0250. The molecule has 0 amide bonds. The van der Waals surface area contributed by atoms with Gasteiger partial charge in [-0.25, -0.2) is 9.18 Å². The van der Waals surface area contributed by atoms with E-state index in [-0.39, 0.29) is 23.4 Å². The Bertz CT molecular complexity index is 699. The highest BCUT2D eigenvalue weighted by Crippen LogP contribution is 2.23. The average molecular weight is 343 g/mol. The van der Waals surface area contributed by atoms with Crippen LogP contribution in [0.2, 0.25) is 0 Å². The Morgan fingerprint density at radius 3 is 2.70 bits per heavy atom. The molecule has 0 fully saturated rings. The van der Waals surface area contributed by atoms with Gasteiger partial charge in [0.25, 0.3) is 5.69 Å². The second-order valence-electron chi connectivity index (χ2n) is 4.01. The van der Waals surface area contributed by atoms with E-state index in [2.05, 4.69) is 15.9 Å². The van der Waals surface area contributed by atoms with Gasteiger partial charge in [0.15, 0.2) is 0 Å². The number of carbonyl (C=O) groups is 1. The van der Waals surface area contributed by atoms with Crippen LogP contribution in [0.15, 0.2) is 35.1 Å². The zero-order valence-corrected chi connectivity index (χ0v) is 11.5. The Hall–Kier alpha value is -2.22. The van der Waals surface area contributed by atoms with Crippen LogP contribution in [0.3, 0.4) is 0 Å². The van der Waals surface area contributed by atoms with Crippen LogP contribution in [-0.2, 0) is 6.54 Å². The molecule has 2 rings (SSSR count). The Morgan fingerprint density at radius 2 is 2.15 bits per heavy atom. The van der Waals surface area contributed by atoms with E-state index in [0.717, 1.165) is 18.2 Å². The first-order chi connectivity index (χ1) is 9.38. The molecule has 1 aromatic carbocycles. The molecule has 0 saturated carbocycles. The lowest BCUT2D eigenvalue weighted by molar-refractivity contribution is -0.385. The summed E-state index contributed by atoms with van der Waals surface area (Å²) in [6.07, 6.45) is 1.32. The molecular formula is C12H8BrFN2O4. The lowest BCUT2D eigenvalue weighted by Crippen LogP contribution is -2.03. The van der Waals surface area contributed by atoms with Crippen molar-refractivity contribution in [3.63, 3.8) is 0 Å². The SMILES string of the molecule is O=C(O)c1cc(Br)n(Cc2cc(F)ccc2[N+](=O)[O-])c1. The minimum Gasteiger partial charge on any atom is -0.478 e. The standard InChI is InChI=1S/C12H8BrFN2O4/c13-11-4-8(12(17)18)6-15(11)5-7-3-9(14)1-2-10(7)16(19)20/h1-4,6H,5H2,(H,17,18). The molecule has 0 bridgehead atoms. The molecule has 1 N–H and O–H groups in total. The molecular weight excluding hydrogens is 335 g/mol. The quantitative estimate of drug-likeness (QED) is 0.683. The number of benzene rings is 1. The highest BCUT2D eigenvalue weighted by Gasteiger charge is 2.17. The number of halogens is 2. The average Bonchev–Trinajstić information content (AvgIpc) is 2.71. The van der Waals surface area contributed by atoms with E-state index in [0.29, 0.717) is 4.60 Å². The molecule has 0 unspecified atom stereocenters. The van der Waals surface area contributed by atoms with Gasteiger partial charge in [0.05, 0.1) is 27.2 Å². The van der Waals surface area contributed by atoms with Crippen molar-refractivity contribution >= 4 is 27.6 Å². The van der Waals surface area contributed by atoms with Crippen LogP contribution in [0.25, 0.3) is 0 Å². The van der Waals surface area contributed by atoms with Gasteiger partial charge in [0, 0.05) is 12.3 Å². The fraction of sp³-hybridized carbons (Fsp3) is 0.0833. The van der Waals surface area contributed by atoms with E-state index in [4.69, 9.17) is 5.11 Å². The molecule has 0 aliphatic carbocycles. The van der Waals surface area contributed by atoms with E-state index in [1.807, 2.05) is 0 Å². The second-order valence-corrected chi connectivity index (χ2v) is 4.83. The Labute approximate surface area is 120 Å². The summed E-state index contributed by atoms with van der Waals surface area (Å²) >= 11 is 3.16. The third-order valence-corrected chi connectivity index (χ3v) is 3.35. The summed E-state index contributed by atoms with van der Waals surface area (Å²) in [7, 11) is 0. The molecule has 1 heterocycles. The third-order valence-electron chi connectivity index (χ3n) is 2.67. The summed E-state index contributed by atoms with van der Waals surface area (Å²) in [6.45, 7) is -0.0120. The van der Waals surface area contributed by atoms with Crippen LogP contribution in [0.5, 0.6) is 0 Å². The van der Waals surface area contributed by atoms with Crippen LogP contribution >= 0.6 is 15.9 Å². The van der Waals surface area contributed by atoms with Crippen LogP contribution in [0.1, 0.15) is 15.9 Å². The molecule has 0 radical (unpaired) electrons. The fourth-order valence-corrected chi connectivity index (χ4v) is 2.23. The first-order valence-corrected chi connectivity index (χ1v) is 6.19. The van der Waals surface area contributed by atoms with Gasteiger partial charge in [0.2, 0.25) is 0 Å². The monoisotopic (exact) mass is 342 g/mol. The number of aromatic carboxylic acids is 1. The minimum absolute atomic E-state index is 0.0120. The summed E-state index contributed by atoms with van der Waals surface area (Å²) in [6, 6.07) is 4.52. The Balaban J connectivity index is 2.41. The van der Waals surface area contributed by atoms with Gasteiger partial charge in [0.1, 0.15) is 5.82 Å². The van der Waals surface area contributed by atoms with Gasteiger partial charge >= 0.3 is 5.97 Å². The molecule has 0 saturated heterocycles. The Morgan fingerprint density at radius 1 is 1.45 bits per heavy atom. The fourth-order valence-electron chi connectivity index (χ4n) is 1.76. The highest BCUT2D eigenvalue weighted by molar-refractivity contribution is 9.10. The molecule has 2 aromatic rings. The predicted octanol–water partition coefficient (Wildman–Crippen LogP) is 3.04.